The van der Waals surface area contributed by atoms with Crippen LogP contribution in [0.3, 0.4) is 0 Å². The monoisotopic (exact) mass is 356 g/mol. The van der Waals surface area contributed by atoms with Crippen LogP contribution in [0.2, 0.25) is 0 Å². The van der Waals surface area contributed by atoms with Crippen LogP contribution < -0.4 is 4.74 Å². The van der Waals surface area contributed by atoms with Crippen LogP contribution in [0, 0.1) is 0 Å². The van der Waals surface area contributed by atoms with E-state index in [4.69, 9.17) is 14.7 Å². The summed E-state index contributed by atoms with van der Waals surface area (Å²) in [5.74, 6) is 0.989. The Morgan fingerprint density at radius 1 is 1.07 bits per heavy atom. The van der Waals surface area contributed by atoms with Gasteiger partial charge in [-0.05, 0) is 42.2 Å². The van der Waals surface area contributed by atoms with Gasteiger partial charge in [-0.15, -0.1) is 0 Å². The fraction of sp³-hybridized carbons (Fsp3) is 0.250. The van der Waals surface area contributed by atoms with E-state index in [1.807, 2.05) is 12.3 Å². The molecule has 0 amide bonds. The highest BCUT2D eigenvalue weighted by atomic mass is 16.5. The van der Waals surface area contributed by atoms with Crippen LogP contribution in [0.1, 0.15) is 36.6 Å². The maximum Gasteiger partial charge on any atom is 0.122 e. The molecule has 3 nitrogen and oxygen atoms in total. The zero-order valence-corrected chi connectivity index (χ0v) is 15.7. The number of benzene rings is 2. The summed E-state index contributed by atoms with van der Waals surface area (Å²) in [5, 5.41) is 0. The number of aryl methyl sites for hydroxylation is 1. The molecule has 2 aromatic carbocycles. The molecule has 1 aromatic heterocycles. The standard InChI is InChI=1S/C24H24N2O/c1-3-5-6-21-16-25-23(20-11-12-22-19(15-20)13-14-27-22)24(26-21)18-9-7-17(4-2)8-10-18/h4,7-12,15-16H,2-3,5-6,13-14H2,1H3. The highest BCUT2D eigenvalue weighted by molar-refractivity contribution is 5.79. The lowest BCUT2D eigenvalue weighted by Crippen LogP contribution is -1.99. The molecular formula is C24H24N2O. The normalized spacial score (nSPS) is 12.5. The summed E-state index contributed by atoms with van der Waals surface area (Å²) < 4.78 is 5.65. The van der Waals surface area contributed by atoms with E-state index in [0.29, 0.717) is 0 Å². The number of aromatic nitrogens is 2. The van der Waals surface area contributed by atoms with Crippen LogP contribution in [0.5, 0.6) is 5.75 Å². The molecule has 0 bridgehead atoms. The molecule has 3 heteroatoms. The Bertz CT molecular complexity index is 961. The molecule has 4 rings (SSSR count). The summed E-state index contributed by atoms with van der Waals surface area (Å²) in [6, 6.07) is 14.7. The summed E-state index contributed by atoms with van der Waals surface area (Å²) in [5.41, 5.74) is 7.44. The predicted molar refractivity (Wildman–Crippen MR) is 111 cm³/mol. The summed E-state index contributed by atoms with van der Waals surface area (Å²) >= 11 is 0. The summed E-state index contributed by atoms with van der Waals surface area (Å²) in [6.07, 6.45) is 7.97. The smallest absolute Gasteiger partial charge is 0.122 e. The van der Waals surface area contributed by atoms with E-state index in [1.54, 1.807) is 0 Å². The molecule has 2 heterocycles. The van der Waals surface area contributed by atoms with E-state index in [9.17, 15) is 0 Å². The van der Waals surface area contributed by atoms with Crippen molar-refractivity contribution in [2.45, 2.75) is 32.6 Å². The Balaban J connectivity index is 1.80. The predicted octanol–water partition coefficient (Wildman–Crippen LogP) is 5.73. The second kappa shape index (κ2) is 7.75. The van der Waals surface area contributed by atoms with E-state index < -0.39 is 0 Å². The van der Waals surface area contributed by atoms with E-state index in [1.165, 1.54) is 5.56 Å². The number of unbranched alkanes of at least 4 members (excludes halogenated alkanes) is 1. The molecular weight excluding hydrogens is 332 g/mol. The minimum Gasteiger partial charge on any atom is -0.493 e. The van der Waals surface area contributed by atoms with Gasteiger partial charge in [-0.25, -0.2) is 4.98 Å². The van der Waals surface area contributed by atoms with Gasteiger partial charge in [0.15, 0.2) is 0 Å². The van der Waals surface area contributed by atoms with Crippen LogP contribution in [0.15, 0.2) is 55.2 Å². The van der Waals surface area contributed by atoms with Crippen LogP contribution in [0.4, 0.5) is 0 Å². The topological polar surface area (TPSA) is 35.0 Å². The average Bonchev–Trinajstić information content (AvgIpc) is 3.20. The average molecular weight is 356 g/mol. The SMILES string of the molecule is C=Cc1ccc(-c2nc(CCCC)cnc2-c2ccc3c(c2)CCO3)cc1. The Morgan fingerprint density at radius 2 is 1.89 bits per heavy atom. The van der Waals surface area contributed by atoms with Gasteiger partial charge in [0.05, 0.1) is 23.7 Å². The minimum absolute atomic E-state index is 0.760. The molecule has 0 fully saturated rings. The highest BCUT2D eigenvalue weighted by Crippen LogP contribution is 2.34. The minimum atomic E-state index is 0.760. The van der Waals surface area contributed by atoms with Gasteiger partial charge in [0, 0.05) is 23.7 Å². The van der Waals surface area contributed by atoms with Crippen LogP contribution in [-0.4, -0.2) is 16.6 Å². The van der Waals surface area contributed by atoms with Crippen LogP contribution in [-0.2, 0) is 12.8 Å². The number of hydrogen-bond donors (Lipinski definition) is 0. The van der Waals surface area contributed by atoms with Crippen molar-refractivity contribution in [2.24, 2.45) is 0 Å². The number of nitrogens with zero attached hydrogens (tertiary/aromatic N) is 2. The van der Waals surface area contributed by atoms with Gasteiger partial charge in [-0.1, -0.05) is 50.3 Å². The van der Waals surface area contributed by atoms with Gasteiger partial charge in [-0.2, -0.15) is 0 Å². The lowest BCUT2D eigenvalue weighted by molar-refractivity contribution is 0.357. The first-order valence-electron chi connectivity index (χ1n) is 9.63. The Hall–Kier alpha value is -2.94. The Kier molecular flexibility index (Phi) is 5.01. The number of fused-ring (bicyclic) bond motifs is 1. The third kappa shape index (κ3) is 3.63. The van der Waals surface area contributed by atoms with E-state index in [0.717, 1.165) is 71.8 Å². The maximum absolute atomic E-state index is 5.65. The van der Waals surface area contributed by atoms with E-state index >= 15 is 0 Å². The second-order valence-corrected chi connectivity index (χ2v) is 6.91. The molecule has 1 aliphatic heterocycles. The van der Waals surface area contributed by atoms with Crippen molar-refractivity contribution >= 4 is 6.08 Å². The lowest BCUT2D eigenvalue weighted by Gasteiger charge is -2.12. The van der Waals surface area contributed by atoms with Crippen molar-refractivity contribution in [3.8, 4) is 28.3 Å². The first-order chi connectivity index (χ1) is 13.3. The third-order valence-electron chi connectivity index (χ3n) is 4.99. The second-order valence-electron chi connectivity index (χ2n) is 6.91. The molecule has 0 radical (unpaired) electrons. The summed E-state index contributed by atoms with van der Waals surface area (Å²) in [4.78, 5) is 9.81. The first kappa shape index (κ1) is 17.5. The lowest BCUT2D eigenvalue weighted by atomic mass is 10.00. The van der Waals surface area contributed by atoms with Crippen molar-refractivity contribution in [2.75, 3.05) is 6.61 Å². The molecule has 0 saturated carbocycles. The molecule has 0 atom stereocenters. The molecule has 1 aliphatic rings. The maximum atomic E-state index is 5.65. The largest absolute Gasteiger partial charge is 0.493 e. The van der Waals surface area contributed by atoms with Crippen molar-refractivity contribution in [1.29, 1.82) is 0 Å². The quantitative estimate of drug-likeness (QED) is 0.565. The molecule has 136 valence electrons. The molecule has 0 spiro atoms. The summed E-state index contributed by atoms with van der Waals surface area (Å²) in [7, 11) is 0. The van der Waals surface area contributed by atoms with Gasteiger partial charge >= 0.3 is 0 Å². The molecule has 27 heavy (non-hydrogen) atoms. The summed E-state index contributed by atoms with van der Waals surface area (Å²) in [6.45, 7) is 6.80. The van der Waals surface area contributed by atoms with Crippen molar-refractivity contribution in [1.82, 2.24) is 9.97 Å². The Labute approximate surface area is 160 Å². The molecule has 0 aliphatic carbocycles. The number of rotatable bonds is 6. The van der Waals surface area contributed by atoms with Gasteiger partial charge in [-0.3, -0.25) is 4.98 Å². The van der Waals surface area contributed by atoms with E-state index in [2.05, 4.69) is 56.0 Å². The Morgan fingerprint density at radius 3 is 2.67 bits per heavy atom. The zero-order chi connectivity index (χ0) is 18.6. The molecule has 3 aromatic rings. The van der Waals surface area contributed by atoms with Gasteiger partial charge in [0.25, 0.3) is 0 Å². The van der Waals surface area contributed by atoms with Crippen LogP contribution >= 0.6 is 0 Å². The fourth-order valence-corrected chi connectivity index (χ4v) is 3.43. The van der Waals surface area contributed by atoms with Gasteiger partial charge < -0.3 is 4.74 Å². The third-order valence-corrected chi connectivity index (χ3v) is 4.99. The first-order valence-corrected chi connectivity index (χ1v) is 9.63. The van der Waals surface area contributed by atoms with Gasteiger partial charge in [0.1, 0.15) is 5.75 Å². The fourth-order valence-electron chi connectivity index (χ4n) is 3.43. The molecule has 0 N–H and O–H groups in total. The van der Waals surface area contributed by atoms with Crippen molar-refractivity contribution in [3.05, 3.63) is 72.1 Å². The number of ether oxygens (including phenoxy) is 1. The zero-order valence-electron chi connectivity index (χ0n) is 15.7. The number of hydrogen-bond acceptors (Lipinski definition) is 3. The highest BCUT2D eigenvalue weighted by Gasteiger charge is 2.17. The van der Waals surface area contributed by atoms with E-state index in [-0.39, 0.29) is 0 Å². The molecule has 0 unspecified atom stereocenters. The van der Waals surface area contributed by atoms with Gasteiger partial charge in [0.2, 0.25) is 0 Å². The van der Waals surface area contributed by atoms with Crippen molar-refractivity contribution < 1.29 is 4.74 Å². The van der Waals surface area contributed by atoms with Crippen molar-refractivity contribution in [3.63, 3.8) is 0 Å². The molecule has 0 saturated heterocycles. The van der Waals surface area contributed by atoms with Crippen LogP contribution in [0.25, 0.3) is 28.6 Å².